The van der Waals surface area contributed by atoms with Crippen LogP contribution in [0.5, 0.6) is 0 Å². The van der Waals surface area contributed by atoms with Crippen molar-refractivity contribution in [2.24, 2.45) is 0 Å². The van der Waals surface area contributed by atoms with E-state index in [0.29, 0.717) is 12.1 Å². The van der Waals surface area contributed by atoms with Gasteiger partial charge in [0.15, 0.2) is 0 Å². The van der Waals surface area contributed by atoms with Gasteiger partial charge in [-0.25, -0.2) is 9.55 Å². The summed E-state index contributed by atoms with van der Waals surface area (Å²) in [5.41, 5.74) is 0.604. The van der Waals surface area contributed by atoms with Gasteiger partial charge in [-0.3, -0.25) is 4.18 Å². The molecular weight excluding hydrogens is 310 g/mol. The third-order valence-electron chi connectivity index (χ3n) is 2.97. The number of rotatable bonds is 7. The zero-order valence-electron chi connectivity index (χ0n) is 11.9. The predicted molar refractivity (Wildman–Crippen MR) is 78.4 cm³/mol. The monoisotopic (exact) mass is 325 g/mol. The minimum absolute atomic E-state index is 0.193. The predicted octanol–water partition coefficient (Wildman–Crippen LogP) is 1.86. The van der Waals surface area contributed by atoms with Crippen molar-refractivity contribution in [3.05, 3.63) is 58.0 Å². The number of imidazole rings is 1. The summed E-state index contributed by atoms with van der Waals surface area (Å²) >= 11 is 0. The maximum absolute atomic E-state index is 11.9. The van der Waals surface area contributed by atoms with Gasteiger partial charge in [0.25, 0.3) is 10.1 Å². The maximum Gasteiger partial charge on any atom is 0.342 e. The largest absolute Gasteiger partial charge is 0.358 e. The summed E-state index contributed by atoms with van der Waals surface area (Å²) in [5, 5.41) is 10.8. The van der Waals surface area contributed by atoms with Crippen molar-refractivity contribution >= 4 is 15.9 Å². The Balaban J connectivity index is 2.08. The van der Waals surface area contributed by atoms with Crippen LogP contribution in [-0.2, 0) is 33.2 Å². The molecule has 1 aromatic heterocycles. The smallest absolute Gasteiger partial charge is 0.342 e. The van der Waals surface area contributed by atoms with Crippen molar-refractivity contribution in [3.8, 4) is 0 Å². The van der Waals surface area contributed by atoms with Gasteiger partial charge >= 0.3 is 5.82 Å². The molecule has 0 atom stereocenters. The molecule has 9 heteroatoms. The van der Waals surface area contributed by atoms with Crippen LogP contribution in [0.3, 0.4) is 0 Å². The van der Waals surface area contributed by atoms with Gasteiger partial charge in [-0.15, -0.1) is 0 Å². The van der Waals surface area contributed by atoms with Crippen molar-refractivity contribution in [2.75, 3.05) is 0 Å². The van der Waals surface area contributed by atoms with E-state index in [4.69, 9.17) is 4.18 Å². The van der Waals surface area contributed by atoms with E-state index in [9.17, 15) is 18.5 Å². The topological polar surface area (TPSA) is 104 Å². The SMILES string of the molecule is CCn1c([N+](=O)[O-])cnc1COS(=O)(=O)Cc1ccccc1. The third-order valence-corrected chi connectivity index (χ3v) is 4.14. The van der Waals surface area contributed by atoms with E-state index in [1.807, 2.05) is 0 Å². The first-order valence-corrected chi connectivity index (χ1v) is 8.10. The lowest BCUT2D eigenvalue weighted by molar-refractivity contribution is -0.392. The number of hydrogen-bond acceptors (Lipinski definition) is 6. The van der Waals surface area contributed by atoms with Crippen molar-refractivity contribution in [1.82, 2.24) is 9.55 Å². The van der Waals surface area contributed by atoms with E-state index in [1.54, 1.807) is 37.3 Å². The second-order valence-corrected chi connectivity index (χ2v) is 6.12. The number of nitro groups is 1. The molecule has 0 fully saturated rings. The van der Waals surface area contributed by atoms with Crippen molar-refractivity contribution < 1.29 is 17.5 Å². The highest BCUT2D eigenvalue weighted by molar-refractivity contribution is 7.85. The lowest BCUT2D eigenvalue weighted by atomic mass is 10.2. The highest BCUT2D eigenvalue weighted by Crippen LogP contribution is 2.16. The van der Waals surface area contributed by atoms with Crippen molar-refractivity contribution in [1.29, 1.82) is 0 Å². The molecule has 0 spiro atoms. The first kappa shape index (κ1) is 16.1. The number of benzene rings is 1. The first-order chi connectivity index (χ1) is 10.4. The zero-order chi connectivity index (χ0) is 16.2. The van der Waals surface area contributed by atoms with Crippen LogP contribution in [-0.4, -0.2) is 22.9 Å². The molecule has 8 nitrogen and oxygen atoms in total. The number of nitrogens with zero attached hydrogens (tertiary/aromatic N) is 3. The lowest BCUT2D eigenvalue weighted by Crippen LogP contribution is -2.12. The van der Waals surface area contributed by atoms with E-state index in [2.05, 4.69) is 4.98 Å². The molecule has 2 aromatic rings. The van der Waals surface area contributed by atoms with Crippen LogP contribution in [0.2, 0.25) is 0 Å². The summed E-state index contributed by atoms with van der Waals surface area (Å²) in [6.07, 6.45) is 1.09. The Bertz CT molecular complexity index is 755. The fraction of sp³-hybridized carbons (Fsp3) is 0.308. The summed E-state index contributed by atoms with van der Waals surface area (Å²) in [6, 6.07) is 8.61. The highest BCUT2D eigenvalue weighted by atomic mass is 32.2. The van der Waals surface area contributed by atoms with Gasteiger partial charge in [0.1, 0.15) is 18.6 Å². The van der Waals surface area contributed by atoms with Gasteiger partial charge in [-0.05, 0) is 17.4 Å². The Morgan fingerprint density at radius 3 is 2.59 bits per heavy atom. The molecule has 0 amide bonds. The van der Waals surface area contributed by atoms with Crippen LogP contribution in [0.4, 0.5) is 5.82 Å². The van der Waals surface area contributed by atoms with Crippen LogP contribution in [0.15, 0.2) is 36.5 Å². The molecule has 0 saturated heterocycles. The molecule has 0 unspecified atom stereocenters. The minimum atomic E-state index is -3.79. The van der Waals surface area contributed by atoms with E-state index >= 15 is 0 Å². The summed E-state index contributed by atoms with van der Waals surface area (Å²) in [7, 11) is -3.79. The molecule has 2 rings (SSSR count). The lowest BCUT2D eigenvalue weighted by Gasteiger charge is -2.05. The van der Waals surface area contributed by atoms with Gasteiger partial charge in [-0.2, -0.15) is 8.42 Å². The molecular formula is C13H15N3O5S. The van der Waals surface area contributed by atoms with E-state index in [-0.39, 0.29) is 24.0 Å². The first-order valence-electron chi connectivity index (χ1n) is 6.52. The molecule has 1 heterocycles. The fourth-order valence-electron chi connectivity index (χ4n) is 1.97. The van der Waals surface area contributed by atoms with Gasteiger partial charge in [0.05, 0.1) is 6.54 Å². The van der Waals surface area contributed by atoms with E-state index in [0.717, 1.165) is 6.20 Å². The molecule has 1 aromatic carbocycles. The Labute approximate surface area is 127 Å². The molecule has 0 N–H and O–H groups in total. The maximum atomic E-state index is 11.9. The van der Waals surface area contributed by atoms with Gasteiger partial charge in [0, 0.05) is 0 Å². The number of aromatic nitrogens is 2. The Morgan fingerprint density at radius 1 is 1.32 bits per heavy atom. The third kappa shape index (κ3) is 3.89. The van der Waals surface area contributed by atoms with E-state index < -0.39 is 15.0 Å². The van der Waals surface area contributed by atoms with Crippen LogP contribution in [0, 0.1) is 10.1 Å². The zero-order valence-corrected chi connectivity index (χ0v) is 12.7. The van der Waals surface area contributed by atoms with Crippen LogP contribution >= 0.6 is 0 Å². The molecule has 0 aliphatic rings. The average molecular weight is 325 g/mol. The quantitative estimate of drug-likeness (QED) is 0.437. The summed E-state index contributed by atoms with van der Waals surface area (Å²) in [5.74, 6) is -0.254. The summed E-state index contributed by atoms with van der Waals surface area (Å²) in [4.78, 5) is 14.1. The Kier molecular flexibility index (Phi) is 4.88. The standard InChI is InChI=1S/C13H15N3O5S/c1-2-15-12(14-8-13(15)16(17)18)9-21-22(19,20)10-11-6-4-3-5-7-11/h3-8H,2,9-10H2,1H3. The van der Waals surface area contributed by atoms with Gasteiger partial charge in [-0.1, -0.05) is 30.3 Å². The molecule has 0 radical (unpaired) electrons. The average Bonchev–Trinajstić information content (AvgIpc) is 2.89. The van der Waals surface area contributed by atoms with Crippen molar-refractivity contribution in [2.45, 2.75) is 25.8 Å². The van der Waals surface area contributed by atoms with Crippen LogP contribution in [0.25, 0.3) is 0 Å². The molecule has 0 aliphatic carbocycles. The van der Waals surface area contributed by atoms with Crippen molar-refractivity contribution in [3.63, 3.8) is 0 Å². The molecule has 22 heavy (non-hydrogen) atoms. The van der Waals surface area contributed by atoms with Gasteiger partial charge < -0.3 is 10.1 Å². The molecule has 0 aliphatic heterocycles. The molecule has 118 valence electrons. The number of hydrogen-bond donors (Lipinski definition) is 0. The van der Waals surface area contributed by atoms with Crippen LogP contribution < -0.4 is 0 Å². The Hall–Kier alpha value is -2.26. The fourth-order valence-corrected chi connectivity index (χ4v) is 2.94. The Morgan fingerprint density at radius 2 is 2.00 bits per heavy atom. The molecule has 0 bridgehead atoms. The van der Waals surface area contributed by atoms with E-state index in [1.165, 1.54) is 4.57 Å². The molecule has 0 saturated carbocycles. The summed E-state index contributed by atoms with van der Waals surface area (Å²) < 4.78 is 30.1. The summed E-state index contributed by atoms with van der Waals surface area (Å²) in [6.45, 7) is 1.67. The second kappa shape index (κ2) is 6.67. The second-order valence-electron chi connectivity index (χ2n) is 4.48. The normalized spacial score (nSPS) is 11.5. The minimum Gasteiger partial charge on any atom is -0.358 e. The van der Waals surface area contributed by atoms with Gasteiger partial charge in [0.2, 0.25) is 5.82 Å². The van der Waals surface area contributed by atoms with Crippen LogP contribution in [0.1, 0.15) is 18.3 Å². The highest BCUT2D eigenvalue weighted by Gasteiger charge is 2.21.